The van der Waals surface area contributed by atoms with Crippen LogP contribution in [0.25, 0.3) is 11.6 Å². The van der Waals surface area contributed by atoms with E-state index in [0.29, 0.717) is 17.5 Å². The van der Waals surface area contributed by atoms with Crippen LogP contribution in [0.2, 0.25) is 0 Å². The fourth-order valence-electron chi connectivity index (χ4n) is 2.16. The molecule has 2 aromatic rings. The summed E-state index contributed by atoms with van der Waals surface area (Å²) in [6, 6.07) is 0.143. The van der Waals surface area contributed by atoms with Crippen molar-refractivity contribution >= 4 is 0 Å². The number of aromatic nitrogens is 4. The number of rotatable bonds is 2. The zero-order valence-electron chi connectivity index (χ0n) is 8.76. The zero-order valence-corrected chi connectivity index (χ0v) is 8.76. The molecular formula is C10H13N5O. The van der Waals surface area contributed by atoms with E-state index in [2.05, 4.69) is 20.1 Å². The van der Waals surface area contributed by atoms with Gasteiger partial charge in [0.15, 0.2) is 5.82 Å². The van der Waals surface area contributed by atoms with Gasteiger partial charge in [0, 0.05) is 18.4 Å². The minimum atomic E-state index is 0.143. The van der Waals surface area contributed by atoms with Gasteiger partial charge in [-0.25, -0.2) is 4.98 Å². The highest BCUT2D eigenvalue weighted by atomic mass is 16.5. The second-order valence-electron chi connectivity index (χ2n) is 4.10. The fraction of sp³-hybridized carbons (Fsp3) is 0.500. The van der Waals surface area contributed by atoms with E-state index >= 15 is 0 Å². The Hall–Kier alpha value is -1.69. The Labute approximate surface area is 92.3 Å². The number of hydrogen-bond donors (Lipinski definition) is 2. The maximum absolute atomic E-state index is 5.99. The highest BCUT2D eigenvalue weighted by molar-refractivity contribution is 5.40. The van der Waals surface area contributed by atoms with Gasteiger partial charge in [-0.1, -0.05) is 11.6 Å². The quantitative estimate of drug-likeness (QED) is 0.787. The Morgan fingerprint density at radius 2 is 2.38 bits per heavy atom. The lowest BCUT2D eigenvalue weighted by Crippen LogP contribution is -2.22. The van der Waals surface area contributed by atoms with Crippen molar-refractivity contribution in [1.82, 2.24) is 20.1 Å². The molecule has 2 aromatic heterocycles. The van der Waals surface area contributed by atoms with Gasteiger partial charge in [0.2, 0.25) is 11.7 Å². The Morgan fingerprint density at radius 1 is 1.44 bits per heavy atom. The minimum absolute atomic E-state index is 0.143. The Balaban J connectivity index is 1.88. The summed E-state index contributed by atoms with van der Waals surface area (Å²) in [6.45, 7) is 0. The van der Waals surface area contributed by atoms with Gasteiger partial charge < -0.3 is 15.2 Å². The molecule has 0 bridgehead atoms. The highest BCUT2D eigenvalue weighted by Crippen LogP contribution is 2.32. The number of aromatic amines is 1. The molecule has 6 heteroatoms. The molecule has 1 aliphatic carbocycles. The molecule has 0 spiro atoms. The summed E-state index contributed by atoms with van der Waals surface area (Å²) in [5, 5.41) is 3.90. The molecule has 0 amide bonds. The van der Waals surface area contributed by atoms with Gasteiger partial charge in [-0.2, -0.15) is 4.98 Å². The van der Waals surface area contributed by atoms with Gasteiger partial charge in [0.25, 0.3) is 0 Å². The molecule has 2 heterocycles. The molecule has 84 valence electrons. The summed E-state index contributed by atoms with van der Waals surface area (Å²) in [7, 11) is 0. The van der Waals surface area contributed by atoms with Crippen LogP contribution >= 0.6 is 0 Å². The molecular weight excluding hydrogens is 206 g/mol. The summed E-state index contributed by atoms with van der Waals surface area (Å²) in [5.41, 5.74) is 5.99. The predicted molar refractivity (Wildman–Crippen MR) is 56.4 cm³/mol. The van der Waals surface area contributed by atoms with Crippen molar-refractivity contribution in [2.45, 2.75) is 31.2 Å². The fourth-order valence-corrected chi connectivity index (χ4v) is 2.16. The first-order chi connectivity index (χ1) is 7.84. The third-order valence-electron chi connectivity index (χ3n) is 3.04. The van der Waals surface area contributed by atoms with Gasteiger partial charge in [-0.15, -0.1) is 0 Å². The molecule has 2 unspecified atom stereocenters. The number of nitrogens with one attached hydrogen (secondary N) is 1. The maximum Gasteiger partial charge on any atom is 0.238 e. The van der Waals surface area contributed by atoms with Crippen LogP contribution in [0.4, 0.5) is 0 Å². The summed E-state index contributed by atoms with van der Waals surface area (Å²) in [5.74, 6) is 1.97. The smallest absolute Gasteiger partial charge is 0.238 e. The molecule has 0 saturated heterocycles. The third kappa shape index (κ3) is 1.51. The van der Waals surface area contributed by atoms with Crippen molar-refractivity contribution in [3.63, 3.8) is 0 Å². The van der Waals surface area contributed by atoms with Crippen LogP contribution in [0.15, 0.2) is 16.9 Å². The van der Waals surface area contributed by atoms with E-state index < -0.39 is 0 Å². The largest absolute Gasteiger partial charge is 0.342 e. The normalized spacial score (nSPS) is 25.1. The number of hydrogen-bond acceptors (Lipinski definition) is 5. The highest BCUT2D eigenvalue weighted by Gasteiger charge is 2.30. The van der Waals surface area contributed by atoms with Crippen LogP contribution in [0.3, 0.4) is 0 Å². The molecule has 1 fully saturated rings. The van der Waals surface area contributed by atoms with Gasteiger partial charge in [0.05, 0.1) is 5.92 Å². The summed E-state index contributed by atoms with van der Waals surface area (Å²) < 4.78 is 5.24. The van der Waals surface area contributed by atoms with Crippen LogP contribution in [-0.2, 0) is 0 Å². The van der Waals surface area contributed by atoms with Crippen LogP contribution in [-0.4, -0.2) is 26.2 Å². The maximum atomic E-state index is 5.99. The van der Waals surface area contributed by atoms with Crippen LogP contribution in [0, 0.1) is 0 Å². The Morgan fingerprint density at radius 3 is 3.06 bits per heavy atom. The minimum Gasteiger partial charge on any atom is -0.342 e. The third-order valence-corrected chi connectivity index (χ3v) is 3.04. The molecule has 0 radical (unpaired) electrons. The van der Waals surface area contributed by atoms with Crippen LogP contribution < -0.4 is 5.73 Å². The number of imidazole rings is 1. The van der Waals surface area contributed by atoms with E-state index in [1.807, 2.05) is 0 Å². The zero-order chi connectivity index (χ0) is 11.0. The molecule has 3 rings (SSSR count). The van der Waals surface area contributed by atoms with E-state index in [9.17, 15) is 0 Å². The second kappa shape index (κ2) is 3.71. The van der Waals surface area contributed by atoms with Gasteiger partial charge >= 0.3 is 0 Å². The van der Waals surface area contributed by atoms with Crippen molar-refractivity contribution in [1.29, 1.82) is 0 Å². The second-order valence-corrected chi connectivity index (χ2v) is 4.10. The van der Waals surface area contributed by atoms with E-state index in [-0.39, 0.29) is 12.0 Å². The lowest BCUT2D eigenvalue weighted by molar-refractivity contribution is 0.345. The number of nitrogens with two attached hydrogens (primary N) is 1. The first-order valence-electron chi connectivity index (χ1n) is 5.43. The van der Waals surface area contributed by atoms with E-state index in [1.165, 1.54) is 0 Å². The van der Waals surface area contributed by atoms with Crippen molar-refractivity contribution in [2.75, 3.05) is 0 Å². The molecule has 0 aromatic carbocycles. The number of nitrogens with zero attached hydrogens (tertiary/aromatic N) is 3. The van der Waals surface area contributed by atoms with Gasteiger partial charge in [0.1, 0.15) is 0 Å². The molecule has 2 atom stereocenters. The molecule has 16 heavy (non-hydrogen) atoms. The van der Waals surface area contributed by atoms with Crippen LogP contribution in [0.1, 0.15) is 31.1 Å². The SMILES string of the molecule is NC1CCCC1c1nc(-c2ncc[nH]2)no1. The summed E-state index contributed by atoms with van der Waals surface area (Å²) in [4.78, 5) is 11.3. The first-order valence-corrected chi connectivity index (χ1v) is 5.43. The first kappa shape index (κ1) is 9.53. The monoisotopic (exact) mass is 219 g/mol. The average molecular weight is 219 g/mol. The lowest BCUT2D eigenvalue weighted by atomic mass is 10.1. The molecule has 1 aliphatic rings. The molecule has 3 N–H and O–H groups in total. The van der Waals surface area contributed by atoms with Gasteiger partial charge in [-0.3, -0.25) is 0 Å². The standard InChI is InChI=1S/C10H13N5O/c11-7-3-1-2-6(7)10-14-9(15-16-10)8-12-4-5-13-8/h4-7H,1-3,11H2,(H,12,13). The topological polar surface area (TPSA) is 93.6 Å². The molecule has 6 nitrogen and oxygen atoms in total. The predicted octanol–water partition coefficient (Wildman–Crippen LogP) is 1.05. The van der Waals surface area contributed by atoms with Crippen molar-refractivity contribution in [3.8, 4) is 11.6 Å². The van der Waals surface area contributed by atoms with E-state index in [0.717, 1.165) is 19.3 Å². The van der Waals surface area contributed by atoms with Crippen molar-refractivity contribution in [2.24, 2.45) is 5.73 Å². The van der Waals surface area contributed by atoms with Crippen molar-refractivity contribution in [3.05, 3.63) is 18.3 Å². The number of H-pyrrole nitrogens is 1. The van der Waals surface area contributed by atoms with E-state index in [1.54, 1.807) is 12.4 Å². The van der Waals surface area contributed by atoms with Gasteiger partial charge in [-0.05, 0) is 12.8 Å². The lowest BCUT2D eigenvalue weighted by Gasteiger charge is -2.08. The summed E-state index contributed by atoms with van der Waals surface area (Å²) >= 11 is 0. The van der Waals surface area contributed by atoms with Crippen molar-refractivity contribution < 1.29 is 4.52 Å². The average Bonchev–Trinajstić information content (AvgIpc) is 2.96. The van der Waals surface area contributed by atoms with E-state index in [4.69, 9.17) is 10.3 Å². The Kier molecular flexibility index (Phi) is 2.21. The Bertz CT molecular complexity index is 463. The van der Waals surface area contributed by atoms with Crippen LogP contribution in [0.5, 0.6) is 0 Å². The molecule has 0 aliphatic heterocycles. The summed E-state index contributed by atoms with van der Waals surface area (Å²) in [6.07, 6.45) is 6.58. The molecule has 1 saturated carbocycles.